The first kappa shape index (κ1) is 22.3. The molecule has 0 unspecified atom stereocenters. The van der Waals surface area contributed by atoms with Crippen LogP contribution in [0.4, 0.5) is 17.6 Å². The second-order valence-corrected chi connectivity index (χ2v) is 8.60. The van der Waals surface area contributed by atoms with Gasteiger partial charge in [-0.2, -0.15) is 0 Å². The van der Waals surface area contributed by atoms with Gasteiger partial charge in [0.15, 0.2) is 5.78 Å². The number of carbonyl (C=O) groups excluding carboxylic acids is 1. The molecular formula is C25H24F4N2O. The van der Waals surface area contributed by atoms with Gasteiger partial charge >= 0.3 is 0 Å². The van der Waals surface area contributed by atoms with Crippen LogP contribution in [0.15, 0.2) is 42.5 Å². The number of aromatic nitrogens is 1. The fraction of sp³-hybridized carbons (Fsp3) is 0.320. The van der Waals surface area contributed by atoms with E-state index in [2.05, 4.69) is 4.98 Å². The Morgan fingerprint density at radius 3 is 2.50 bits per heavy atom. The molecule has 32 heavy (non-hydrogen) atoms. The minimum atomic E-state index is -3.05. The Balaban J connectivity index is 1.92. The second kappa shape index (κ2) is 8.20. The van der Waals surface area contributed by atoms with Gasteiger partial charge in [-0.1, -0.05) is 24.3 Å². The maximum absolute atomic E-state index is 15.3. The standard InChI is InChI=1S/C25H24F4N2O/c1-14-10-18-17-6-4-5-7-21(17)30-23(18)24(31(14)13-25(3,28)29)22-19(26)11-16(12-20(22)27)9-8-15(2)32/h4-9,11-12,14,24,30H,10,13H2,1-3H3/b9-8+/t14-,24-/m1/s1. The third-order valence-corrected chi connectivity index (χ3v) is 5.86. The summed E-state index contributed by atoms with van der Waals surface area (Å²) in [7, 11) is 0. The number of rotatable bonds is 5. The van der Waals surface area contributed by atoms with Gasteiger partial charge in [-0.25, -0.2) is 17.6 Å². The zero-order valence-electron chi connectivity index (χ0n) is 18.1. The fourth-order valence-corrected chi connectivity index (χ4v) is 4.56. The normalized spacial score (nSPS) is 19.6. The molecule has 2 heterocycles. The Kier molecular flexibility index (Phi) is 5.71. The number of nitrogens with zero attached hydrogens (tertiary/aromatic N) is 1. The van der Waals surface area contributed by atoms with Gasteiger partial charge in [0.2, 0.25) is 0 Å². The Bertz CT molecular complexity index is 1190. The molecule has 0 radical (unpaired) electrons. The van der Waals surface area contributed by atoms with Crippen molar-refractivity contribution in [3.05, 3.63) is 76.5 Å². The maximum Gasteiger partial charge on any atom is 0.257 e. The summed E-state index contributed by atoms with van der Waals surface area (Å²) in [5.74, 6) is -5.00. The highest BCUT2D eigenvalue weighted by atomic mass is 19.3. The number of hydrogen-bond donors (Lipinski definition) is 1. The molecule has 2 atom stereocenters. The van der Waals surface area contributed by atoms with Gasteiger partial charge in [-0.15, -0.1) is 0 Å². The molecule has 2 aromatic carbocycles. The summed E-state index contributed by atoms with van der Waals surface area (Å²) in [5.41, 5.74) is 2.11. The monoisotopic (exact) mass is 444 g/mol. The third kappa shape index (κ3) is 4.21. The van der Waals surface area contributed by atoms with E-state index in [1.807, 2.05) is 24.3 Å². The Morgan fingerprint density at radius 2 is 1.88 bits per heavy atom. The number of halogens is 4. The summed E-state index contributed by atoms with van der Waals surface area (Å²) in [4.78, 5) is 15.9. The summed E-state index contributed by atoms with van der Waals surface area (Å²) in [6, 6.07) is 8.34. The van der Waals surface area contributed by atoms with Crippen LogP contribution in [0.2, 0.25) is 0 Å². The van der Waals surface area contributed by atoms with Gasteiger partial charge in [0.25, 0.3) is 5.92 Å². The van der Waals surface area contributed by atoms with Gasteiger partial charge in [-0.3, -0.25) is 9.69 Å². The molecule has 0 amide bonds. The predicted octanol–water partition coefficient (Wildman–Crippen LogP) is 6.04. The van der Waals surface area contributed by atoms with Crippen LogP contribution in [0.1, 0.15) is 49.2 Å². The fourth-order valence-electron chi connectivity index (χ4n) is 4.56. The second-order valence-electron chi connectivity index (χ2n) is 8.60. The molecule has 1 aliphatic heterocycles. The van der Waals surface area contributed by atoms with Crippen molar-refractivity contribution in [1.29, 1.82) is 0 Å². The molecule has 0 fully saturated rings. The van der Waals surface area contributed by atoms with E-state index < -0.39 is 30.1 Å². The Labute approximate surface area is 183 Å². The van der Waals surface area contributed by atoms with Crippen molar-refractivity contribution in [1.82, 2.24) is 9.88 Å². The number of hydrogen-bond acceptors (Lipinski definition) is 2. The molecule has 1 aromatic heterocycles. The lowest BCUT2D eigenvalue weighted by molar-refractivity contribution is -0.112. The van der Waals surface area contributed by atoms with Gasteiger partial charge in [0.1, 0.15) is 11.6 Å². The van der Waals surface area contributed by atoms with E-state index >= 15 is 8.78 Å². The first-order valence-electron chi connectivity index (χ1n) is 10.5. The highest BCUT2D eigenvalue weighted by Gasteiger charge is 2.42. The quantitative estimate of drug-likeness (QED) is 0.385. The number of H-pyrrole nitrogens is 1. The van der Waals surface area contributed by atoms with Crippen LogP contribution < -0.4 is 0 Å². The van der Waals surface area contributed by atoms with Gasteiger partial charge < -0.3 is 4.98 Å². The molecule has 7 heteroatoms. The maximum atomic E-state index is 15.3. The number of carbonyl (C=O) groups is 1. The largest absolute Gasteiger partial charge is 0.357 e. The van der Waals surface area contributed by atoms with E-state index in [1.165, 1.54) is 24.0 Å². The lowest BCUT2D eigenvalue weighted by atomic mass is 9.87. The zero-order chi connectivity index (χ0) is 23.2. The van der Waals surface area contributed by atoms with Crippen LogP contribution >= 0.6 is 0 Å². The molecule has 0 saturated heterocycles. The number of fused-ring (bicyclic) bond motifs is 3. The van der Waals surface area contributed by atoms with E-state index in [-0.39, 0.29) is 23.0 Å². The number of para-hydroxylation sites is 1. The minimum absolute atomic E-state index is 0.187. The molecule has 3 aromatic rings. The van der Waals surface area contributed by atoms with Crippen molar-refractivity contribution in [3.63, 3.8) is 0 Å². The number of allylic oxidation sites excluding steroid dienone is 1. The Morgan fingerprint density at radius 1 is 1.22 bits per heavy atom. The summed E-state index contributed by atoms with van der Waals surface area (Å²) < 4.78 is 58.9. The van der Waals surface area contributed by atoms with Gasteiger partial charge in [0.05, 0.1) is 12.6 Å². The van der Waals surface area contributed by atoms with Crippen LogP contribution in [-0.2, 0) is 11.2 Å². The number of alkyl halides is 2. The van der Waals surface area contributed by atoms with Gasteiger partial charge in [0, 0.05) is 35.1 Å². The highest BCUT2D eigenvalue weighted by molar-refractivity contribution is 5.91. The van der Waals surface area contributed by atoms with Crippen molar-refractivity contribution in [3.8, 4) is 0 Å². The molecule has 0 spiro atoms. The molecule has 3 nitrogen and oxygen atoms in total. The average molecular weight is 444 g/mol. The molecule has 0 saturated carbocycles. The Hall–Kier alpha value is -2.93. The van der Waals surface area contributed by atoms with Crippen LogP contribution in [0.5, 0.6) is 0 Å². The zero-order valence-corrected chi connectivity index (χ0v) is 18.1. The first-order valence-corrected chi connectivity index (χ1v) is 10.5. The summed E-state index contributed by atoms with van der Waals surface area (Å²) in [6.45, 7) is 3.29. The van der Waals surface area contributed by atoms with E-state index in [4.69, 9.17) is 0 Å². The molecule has 168 valence electrons. The molecule has 1 aliphatic rings. The average Bonchev–Trinajstić information content (AvgIpc) is 3.05. The topological polar surface area (TPSA) is 36.1 Å². The van der Waals surface area contributed by atoms with E-state index in [0.29, 0.717) is 12.1 Å². The van der Waals surface area contributed by atoms with Crippen LogP contribution in [0, 0.1) is 11.6 Å². The van der Waals surface area contributed by atoms with Crippen LogP contribution in [-0.4, -0.2) is 34.2 Å². The van der Waals surface area contributed by atoms with Crippen LogP contribution in [0.25, 0.3) is 17.0 Å². The molecule has 4 rings (SSSR count). The van der Waals surface area contributed by atoms with Gasteiger partial charge in [-0.05, 0) is 55.7 Å². The molecular weight excluding hydrogens is 420 g/mol. The number of benzene rings is 2. The third-order valence-electron chi connectivity index (χ3n) is 5.86. The van der Waals surface area contributed by atoms with Crippen molar-refractivity contribution < 1.29 is 22.4 Å². The van der Waals surface area contributed by atoms with E-state index in [0.717, 1.165) is 35.5 Å². The van der Waals surface area contributed by atoms with E-state index in [1.54, 1.807) is 6.92 Å². The first-order chi connectivity index (χ1) is 15.0. The number of nitrogens with one attached hydrogen (secondary N) is 1. The van der Waals surface area contributed by atoms with Crippen molar-refractivity contribution in [2.75, 3.05) is 6.54 Å². The molecule has 0 aliphatic carbocycles. The molecule has 1 N–H and O–H groups in total. The minimum Gasteiger partial charge on any atom is -0.357 e. The summed E-state index contributed by atoms with van der Waals surface area (Å²) in [5, 5.41) is 0.920. The highest BCUT2D eigenvalue weighted by Crippen LogP contribution is 2.43. The van der Waals surface area contributed by atoms with Crippen molar-refractivity contribution in [2.24, 2.45) is 0 Å². The summed E-state index contributed by atoms with van der Waals surface area (Å²) in [6.07, 6.45) is 3.03. The molecule has 0 bridgehead atoms. The van der Waals surface area contributed by atoms with E-state index in [9.17, 15) is 13.6 Å². The van der Waals surface area contributed by atoms with Crippen LogP contribution in [0.3, 0.4) is 0 Å². The number of ketones is 1. The SMILES string of the molecule is CC(=O)/C=C/c1cc(F)c([C@@H]2c3[nH]c4ccccc4c3C[C@@H](C)N2CC(C)(F)F)c(F)c1. The smallest absolute Gasteiger partial charge is 0.257 e. The number of aromatic amines is 1. The van der Waals surface area contributed by atoms with Crippen molar-refractivity contribution >= 4 is 22.8 Å². The summed E-state index contributed by atoms with van der Waals surface area (Å²) >= 11 is 0. The van der Waals surface area contributed by atoms with Crippen molar-refractivity contribution in [2.45, 2.75) is 45.2 Å². The lowest BCUT2D eigenvalue weighted by Gasteiger charge is -2.42. The predicted molar refractivity (Wildman–Crippen MR) is 117 cm³/mol. The lowest BCUT2D eigenvalue weighted by Crippen LogP contribution is -2.47.